The molecule has 0 aliphatic carbocycles. The number of hydrogen-bond acceptors (Lipinski definition) is 7. The molecule has 11 heteroatoms. The summed E-state index contributed by atoms with van der Waals surface area (Å²) in [6.07, 6.45) is 1.69. The fraction of sp³-hybridized carbons (Fsp3) is 0.375. The molecule has 4 rings (SSSR count). The van der Waals surface area contributed by atoms with Crippen molar-refractivity contribution in [1.29, 1.82) is 0 Å². The lowest BCUT2D eigenvalue weighted by molar-refractivity contribution is -0.114. The number of benzene rings is 2. The van der Waals surface area contributed by atoms with E-state index in [1.54, 1.807) is 12.1 Å². The lowest BCUT2D eigenvalue weighted by atomic mass is 10.1. The number of nitrogens with two attached hydrogens (primary N) is 2. The summed E-state index contributed by atoms with van der Waals surface area (Å²) < 4.78 is 15.6. The van der Waals surface area contributed by atoms with Gasteiger partial charge in [-0.15, -0.1) is 0 Å². The Balaban J connectivity index is 1.44. The lowest BCUT2D eigenvalue weighted by Gasteiger charge is -2.11. The van der Waals surface area contributed by atoms with E-state index < -0.39 is 23.4 Å². The van der Waals surface area contributed by atoms with E-state index in [2.05, 4.69) is 9.13 Å². The van der Waals surface area contributed by atoms with E-state index in [0.29, 0.717) is 71.1 Å². The molecule has 0 unspecified atom stereocenters. The fourth-order valence-corrected chi connectivity index (χ4v) is 6.54. The van der Waals surface area contributed by atoms with Crippen LogP contribution in [0.5, 0.6) is 11.5 Å². The second-order valence-electron chi connectivity index (χ2n) is 10.1. The van der Waals surface area contributed by atoms with Crippen molar-refractivity contribution in [2.45, 2.75) is 53.6 Å². The molecule has 10 nitrogen and oxygen atoms in total. The Morgan fingerprint density at radius 3 is 1.44 bits per heavy atom. The molecule has 0 radical (unpaired) electrons. The molecule has 0 bridgehead atoms. The normalized spacial score (nSPS) is 11.3. The SMILES string of the molecule is CCOc1cccc2c1c(C(=O)C(N)=O)c(C)n2CCCSCCCn1c(C)c(C(=O)C(N)=O)c2c(OCC)cccc21. The summed E-state index contributed by atoms with van der Waals surface area (Å²) in [5, 5.41) is 1.24. The van der Waals surface area contributed by atoms with Gasteiger partial charge in [-0.3, -0.25) is 19.2 Å². The molecule has 2 aromatic heterocycles. The van der Waals surface area contributed by atoms with Crippen LogP contribution in [-0.4, -0.2) is 57.2 Å². The summed E-state index contributed by atoms with van der Waals surface area (Å²) in [5.74, 6) is -0.534. The topological polar surface area (TPSA) is 149 Å². The fourth-order valence-electron chi connectivity index (χ4n) is 5.67. The first-order valence-corrected chi connectivity index (χ1v) is 15.5. The van der Waals surface area contributed by atoms with Crippen molar-refractivity contribution in [1.82, 2.24) is 9.13 Å². The Kier molecular flexibility index (Phi) is 10.2. The number of amides is 2. The van der Waals surface area contributed by atoms with Crippen LogP contribution < -0.4 is 20.9 Å². The first-order chi connectivity index (χ1) is 20.6. The number of thioether (sulfide) groups is 1. The zero-order valence-electron chi connectivity index (χ0n) is 25.0. The number of ether oxygens (including phenoxy) is 2. The highest BCUT2D eigenvalue weighted by Crippen LogP contribution is 2.36. The second kappa shape index (κ2) is 13.8. The molecule has 2 heterocycles. The van der Waals surface area contributed by atoms with E-state index in [4.69, 9.17) is 20.9 Å². The third-order valence-electron chi connectivity index (χ3n) is 7.47. The molecule has 0 fully saturated rings. The van der Waals surface area contributed by atoms with Gasteiger partial charge in [0.15, 0.2) is 0 Å². The van der Waals surface area contributed by atoms with Gasteiger partial charge in [0, 0.05) is 24.5 Å². The van der Waals surface area contributed by atoms with Crippen LogP contribution in [-0.2, 0) is 22.7 Å². The van der Waals surface area contributed by atoms with Crippen LogP contribution in [0.3, 0.4) is 0 Å². The smallest absolute Gasteiger partial charge is 0.289 e. The average molecular weight is 607 g/mol. The second-order valence-corrected chi connectivity index (χ2v) is 11.3. The van der Waals surface area contributed by atoms with Crippen LogP contribution in [0.1, 0.15) is 58.8 Å². The van der Waals surface area contributed by atoms with Crippen molar-refractivity contribution >= 4 is 56.9 Å². The Bertz CT molecular complexity index is 1580. The third-order valence-corrected chi connectivity index (χ3v) is 8.62. The van der Waals surface area contributed by atoms with Gasteiger partial charge in [-0.2, -0.15) is 11.8 Å². The number of carbonyl (C=O) groups is 4. The zero-order chi connectivity index (χ0) is 31.3. The van der Waals surface area contributed by atoms with Gasteiger partial charge in [-0.05, 0) is 76.3 Å². The maximum absolute atomic E-state index is 12.7. The summed E-state index contributed by atoms with van der Waals surface area (Å²) in [6, 6.07) is 11.2. The van der Waals surface area contributed by atoms with E-state index >= 15 is 0 Å². The van der Waals surface area contributed by atoms with Gasteiger partial charge in [0.1, 0.15) is 11.5 Å². The molecule has 43 heavy (non-hydrogen) atoms. The summed E-state index contributed by atoms with van der Waals surface area (Å²) in [4.78, 5) is 49.1. The Hall–Kier alpha value is -4.25. The number of primary amides is 2. The predicted molar refractivity (Wildman–Crippen MR) is 169 cm³/mol. The van der Waals surface area contributed by atoms with Crippen LogP contribution in [0.25, 0.3) is 21.8 Å². The molecule has 2 aromatic carbocycles. The third kappa shape index (κ3) is 6.27. The van der Waals surface area contributed by atoms with Crippen LogP contribution in [0, 0.1) is 13.8 Å². The van der Waals surface area contributed by atoms with E-state index in [9.17, 15) is 19.2 Å². The van der Waals surface area contributed by atoms with Crippen molar-refractivity contribution in [2.24, 2.45) is 11.5 Å². The Labute approximate surface area is 254 Å². The minimum Gasteiger partial charge on any atom is -0.493 e. The van der Waals surface area contributed by atoms with Gasteiger partial charge in [-0.1, -0.05) is 12.1 Å². The van der Waals surface area contributed by atoms with Crippen molar-refractivity contribution in [3.05, 3.63) is 58.9 Å². The maximum atomic E-state index is 12.7. The molecule has 0 aliphatic heterocycles. The molecule has 0 saturated heterocycles. The number of nitrogens with zero attached hydrogens (tertiary/aromatic N) is 2. The molecule has 0 spiro atoms. The minimum atomic E-state index is -0.991. The average Bonchev–Trinajstić information content (AvgIpc) is 3.42. The molecule has 4 N–H and O–H groups in total. The number of carbonyl (C=O) groups excluding carboxylic acids is 4. The molecule has 2 amide bonds. The van der Waals surface area contributed by atoms with Gasteiger partial charge >= 0.3 is 0 Å². The van der Waals surface area contributed by atoms with E-state index in [0.717, 1.165) is 35.4 Å². The molecular weight excluding hydrogens is 568 g/mol. The van der Waals surface area contributed by atoms with Crippen molar-refractivity contribution in [3.63, 3.8) is 0 Å². The van der Waals surface area contributed by atoms with Crippen molar-refractivity contribution in [2.75, 3.05) is 24.7 Å². The molecule has 0 aliphatic rings. The number of Topliss-reactive ketones (excluding diaryl/α,β-unsaturated/α-hetero) is 2. The van der Waals surface area contributed by atoms with Gasteiger partial charge in [0.25, 0.3) is 23.4 Å². The molecule has 4 aromatic rings. The predicted octanol–water partition coefficient (Wildman–Crippen LogP) is 4.56. The highest BCUT2D eigenvalue weighted by molar-refractivity contribution is 7.99. The van der Waals surface area contributed by atoms with E-state index in [1.165, 1.54) is 0 Å². The first kappa shape index (κ1) is 31.7. The number of aryl methyl sites for hydroxylation is 2. The van der Waals surface area contributed by atoms with E-state index in [-0.39, 0.29) is 0 Å². The molecular formula is C32H38N4O6S. The summed E-state index contributed by atoms with van der Waals surface area (Å²) in [5.41, 5.74) is 14.4. The monoisotopic (exact) mass is 606 g/mol. The van der Waals surface area contributed by atoms with Crippen LogP contribution in [0.15, 0.2) is 36.4 Å². The number of aromatic nitrogens is 2. The number of hydrogen-bond donors (Lipinski definition) is 2. The Morgan fingerprint density at radius 2 is 1.09 bits per heavy atom. The van der Waals surface area contributed by atoms with Crippen LogP contribution >= 0.6 is 11.8 Å². The maximum Gasteiger partial charge on any atom is 0.289 e. The van der Waals surface area contributed by atoms with Gasteiger partial charge in [-0.25, -0.2) is 0 Å². The number of ketones is 2. The Morgan fingerprint density at radius 1 is 0.698 bits per heavy atom. The quantitative estimate of drug-likeness (QED) is 0.108. The van der Waals surface area contributed by atoms with Gasteiger partial charge < -0.3 is 30.1 Å². The largest absolute Gasteiger partial charge is 0.493 e. The lowest BCUT2D eigenvalue weighted by Crippen LogP contribution is -2.24. The van der Waals surface area contributed by atoms with E-state index in [1.807, 2.05) is 63.7 Å². The standard InChI is InChI=1S/C32H38N4O6S/c1-5-41-23-13-7-11-21-27(23)25(29(37)31(33)39)19(3)35(21)15-9-17-43-18-10-16-36-20(4)26(30(38)32(34)40)28-22(36)12-8-14-24(28)42-6-2/h7-8,11-14H,5-6,9-10,15-18H2,1-4H3,(H2,33,39)(H2,34,40). The minimum absolute atomic E-state index is 0.301. The summed E-state index contributed by atoms with van der Waals surface area (Å²) in [7, 11) is 0. The first-order valence-electron chi connectivity index (χ1n) is 14.4. The molecule has 0 atom stereocenters. The molecule has 228 valence electrons. The van der Waals surface area contributed by atoms with Gasteiger partial charge in [0.05, 0.1) is 46.1 Å². The number of fused-ring (bicyclic) bond motifs is 2. The van der Waals surface area contributed by atoms with Crippen molar-refractivity contribution < 1.29 is 28.7 Å². The van der Waals surface area contributed by atoms with Crippen molar-refractivity contribution in [3.8, 4) is 11.5 Å². The summed E-state index contributed by atoms with van der Waals surface area (Å²) >= 11 is 1.81. The van der Waals surface area contributed by atoms with Crippen LogP contribution in [0.2, 0.25) is 0 Å². The van der Waals surface area contributed by atoms with Crippen LogP contribution in [0.4, 0.5) is 0 Å². The molecule has 0 saturated carbocycles. The highest BCUT2D eigenvalue weighted by Gasteiger charge is 2.27. The van der Waals surface area contributed by atoms with Gasteiger partial charge in [0.2, 0.25) is 0 Å². The highest BCUT2D eigenvalue weighted by atomic mass is 32.2. The summed E-state index contributed by atoms with van der Waals surface area (Å²) in [6.45, 7) is 9.58. The number of rotatable bonds is 16. The zero-order valence-corrected chi connectivity index (χ0v) is 25.8.